The van der Waals surface area contributed by atoms with Gasteiger partial charge in [0.2, 0.25) is 5.91 Å². The van der Waals surface area contributed by atoms with E-state index in [-0.39, 0.29) is 17.9 Å². The average Bonchev–Trinajstić information content (AvgIpc) is 3.22. The van der Waals surface area contributed by atoms with Crippen LogP contribution < -0.4 is 10.8 Å². The number of aromatic nitrogens is 1. The topological polar surface area (TPSA) is 91.3 Å². The first-order valence-corrected chi connectivity index (χ1v) is 10.7. The van der Waals surface area contributed by atoms with Crippen molar-refractivity contribution >= 4 is 22.7 Å². The highest BCUT2D eigenvalue weighted by Gasteiger charge is 2.34. The zero-order chi connectivity index (χ0) is 22.0. The van der Waals surface area contributed by atoms with Crippen molar-refractivity contribution in [3.63, 3.8) is 0 Å². The van der Waals surface area contributed by atoms with Gasteiger partial charge in [0.05, 0.1) is 11.4 Å². The maximum absolute atomic E-state index is 12.7. The minimum Gasteiger partial charge on any atom is -0.349 e. The van der Waals surface area contributed by atoms with Gasteiger partial charge in [-0.1, -0.05) is 30.2 Å². The molecule has 3 aromatic rings. The summed E-state index contributed by atoms with van der Waals surface area (Å²) in [6, 6.07) is 15.7. The summed E-state index contributed by atoms with van der Waals surface area (Å²) in [5, 5.41) is 13.0. The highest BCUT2D eigenvalue weighted by Crippen LogP contribution is 2.26. The predicted molar refractivity (Wildman–Crippen MR) is 119 cm³/mol. The third kappa shape index (κ3) is 4.59. The van der Waals surface area contributed by atoms with E-state index in [0.717, 1.165) is 41.4 Å². The van der Waals surface area contributed by atoms with Crippen molar-refractivity contribution < 1.29 is 14.8 Å². The molecule has 0 saturated heterocycles. The van der Waals surface area contributed by atoms with E-state index in [1.165, 1.54) is 11.1 Å². The molecule has 6 heteroatoms. The molecule has 6 nitrogen and oxygen atoms in total. The Morgan fingerprint density at radius 2 is 1.84 bits per heavy atom. The summed E-state index contributed by atoms with van der Waals surface area (Å²) >= 11 is 0. The number of hydroxylamine groups is 1. The van der Waals surface area contributed by atoms with Gasteiger partial charge in [0.1, 0.15) is 0 Å². The van der Waals surface area contributed by atoms with E-state index in [9.17, 15) is 9.59 Å². The second-order valence-corrected chi connectivity index (χ2v) is 8.41. The molecule has 31 heavy (non-hydrogen) atoms. The van der Waals surface area contributed by atoms with Crippen LogP contribution in [0.25, 0.3) is 10.9 Å². The molecule has 1 saturated carbocycles. The summed E-state index contributed by atoms with van der Waals surface area (Å²) in [7, 11) is 0. The normalized spacial score (nSPS) is 18.2. The van der Waals surface area contributed by atoms with Crippen molar-refractivity contribution in [2.24, 2.45) is 5.92 Å². The molecule has 2 unspecified atom stereocenters. The summed E-state index contributed by atoms with van der Waals surface area (Å²) in [4.78, 5) is 29.1. The van der Waals surface area contributed by atoms with Gasteiger partial charge in [0, 0.05) is 22.7 Å². The highest BCUT2D eigenvalue weighted by molar-refractivity contribution is 5.95. The van der Waals surface area contributed by atoms with E-state index in [2.05, 4.69) is 41.5 Å². The minimum atomic E-state index is -0.437. The monoisotopic (exact) mass is 417 g/mol. The number of carbonyl (C=O) groups excluding carboxylic acids is 2. The van der Waals surface area contributed by atoms with Crippen molar-refractivity contribution in [3.05, 3.63) is 76.5 Å². The summed E-state index contributed by atoms with van der Waals surface area (Å²) in [6.07, 6.45) is 3.00. The van der Waals surface area contributed by atoms with Crippen molar-refractivity contribution in [3.8, 4) is 0 Å². The van der Waals surface area contributed by atoms with Gasteiger partial charge in [-0.05, 0) is 74.6 Å². The standard InChI is InChI=1S/C25H27N3O3/c1-15-6-11-23-21(12-15)19(13-16(2)26-23)14-17-7-9-18(10-8-17)24(29)27-22-5-3-4-20(22)25(30)28-31/h6-13,20,22,31H,3-5,14H2,1-2H3,(H,27,29)(H,28,30). The van der Waals surface area contributed by atoms with Crippen molar-refractivity contribution in [1.29, 1.82) is 0 Å². The Morgan fingerprint density at radius 3 is 2.58 bits per heavy atom. The fourth-order valence-corrected chi connectivity index (χ4v) is 4.48. The van der Waals surface area contributed by atoms with Gasteiger partial charge >= 0.3 is 0 Å². The van der Waals surface area contributed by atoms with Gasteiger partial charge < -0.3 is 5.32 Å². The zero-order valence-electron chi connectivity index (χ0n) is 17.8. The molecule has 1 aromatic heterocycles. The van der Waals surface area contributed by atoms with Gasteiger partial charge in [-0.25, -0.2) is 5.48 Å². The molecule has 0 aliphatic heterocycles. The van der Waals surface area contributed by atoms with Crippen LogP contribution in [-0.2, 0) is 11.2 Å². The Morgan fingerprint density at radius 1 is 1.06 bits per heavy atom. The Bertz CT molecular complexity index is 1120. The molecule has 2 amide bonds. The number of aryl methyl sites for hydroxylation is 2. The number of hydrogen-bond donors (Lipinski definition) is 3. The van der Waals surface area contributed by atoms with Crippen molar-refractivity contribution in [2.45, 2.75) is 45.6 Å². The second kappa shape index (κ2) is 8.86. The van der Waals surface area contributed by atoms with Crippen LogP contribution >= 0.6 is 0 Å². The van der Waals surface area contributed by atoms with E-state index in [1.54, 1.807) is 5.48 Å². The number of nitrogens with one attached hydrogen (secondary N) is 2. The lowest BCUT2D eigenvalue weighted by Crippen LogP contribution is -2.43. The molecule has 0 radical (unpaired) electrons. The zero-order valence-corrected chi connectivity index (χ0v) is 17.8. The molecule has 3 N–H and O–H groups in total. The molecule has 1 fully saturated rings. The average molecular weight is 418 g/mol. The smallest absolute Gasteiger partial charge is 0.251 e. The lowest BCUT2D eigenvalue weighted by Gasteiger charge is -2.19. The SMILES string of the molecule is Cc1ccc2nc(C)cc(Cc3ccc(C(=O)NC4CCCC4C(=O)NO)cc3)c2c1. The fraction of sp³-hybridized carbons (Fsp3) is 0.320. The Kier molecular flexibility index (Phi) is 6.00. The van der Waals surface area contributed by atoms with E-state index in [1.807, 2.05) is 31.2 Å². The van der Waals surface area contributed by atoms with Gasteiger partial charge in [-0.15, -0.1) is 0 Å². The number of nitrogens with zero attached hydrogens (tertiary/aromatic N) is 1. The summed E-state index contributed by atoms with van der Waals surface area (Å²) < 4.78 is 0. The fourth-order valence-electron chi connectivity index (χ4n) is 4.48. The van der Waals surface area contributed by atoms with E-state index < -0.39 is 5.91 Å². The molecular weight excluding hydrogens is 390 g/mol. The van der Waals surface area contributed by atoms with Crippen molar-refractivity contribution in [1.82, 2.24) is 15.8 Å². The molecule has 160 valence electrons. The Labute approximate surface area is 181 Å². The first-order valence-electron chi connectivity index (χ1n) is 10.7. The van der Waals surface area contributed by atoms with Gasteiger partial charge in [-0.3, -0.25) is 19.8 Å². The molecular formula is C25H27N3O3. The summed E-state index contributed by atoms with van der Waals surface area (Å²) in [5.74, 6) is -1.02. The molecule has 1 heterocycles. The van der Waals surface area contributed by atoms with Crippen LogP contribution in [0.3, 0.4) is 0 Å². The summed E-state index contributed by atoms with van der Waals surface area (Å²) in [5.41, 5.74) is 7.78. The van der Waals surface area contributed by atoms with Crippen molar-refractivity contribution in [2.75, 3.05) is 0 Å². The number of benzene rings is 2. The lowest BCUT2D eigenvalue weighted by molar-refractivity contribution is -0.133. The van der Waals surface area contributed by atoms with Crippen LogP contribution in [0.4, 0.5) is 0 Å². The molecule has 1 aliphatic rings. The van der Waals surface area contributed by atoms with Gasteiger partial charge in [0.25, 0.3) is 5.91 Å². The molecule has 4 rings (SSSR count). The number of carbonyl (C=O) groups is 2. The van der Waals surface area contributed by atoms with Gasteiger partial charge in [-0.2, -0.15) is 0 Å². The molecule has 2 atom stereocenters. The number of hydrogen-bond acceptors (Lipinski definition) is 4. The first kappa shape index (κ1) is 21.0. The Hall–Kier alpha value is -3.25. The predicted octanol–water partition coefficient (Wildman–Crippen LogP) is 3.85. The molecule has 2 aromatic carbocycles. The van der Waals surface area contributed by atoms with Crippen LogP contribution in [0.1, 0.15) is 52.0 Å². The van der Waals surface area contributed by atoms with E-state index >= 15 is 0 Å². The number of fused-ring (bicyclic) bond motifs is 1. The maximum atomic E-state index is 12.7. The second-order valence-electron chi connectivity index (χ2n) is 8.41. The minimum absolute atomic E-state index is 0.199. The lowest BCUT2D eigenvalue weighted by atomic mass is 9.98. The van der Waals surface area contributed by atoms with E-state index in [4.69, 9.17) is 5.21 Å². The van der Waals surface area contributed by atoms with Crippen LogP contribution in [0.5, 0.6) is 0 Å². The maximum Gasteiger partial charge on any atom is 0.251 e. The van der Waals surface area contributed by atoms with Gasteiger partial charge in [0.15, 0.2) is 0 Å². The first-order chi connectivity index (χ1) is 14.9. The number of amides is 2. The number of rotatable bonds is 5. The third-order valence-electron chi connectivity index (χ3n) is 6.07. The van der Waals surface area contributed by atoms with Crippen LogP contribution in [0.15, 0.2) is 48.5 Å². The molecule has 0 bridgehead atoms. The highest BCUT2D eigenvalue weighted by atomic mass is 16.5. The Balaban J connectivity index is 1.49. The quantitative estimate of drug-likeness (QED) is 0.434. The third-order valence-corrected chi connectivity index (χ3v) is 6.07. The number of pyridine rings is 1. The van der Waals surface area contributed by atoms with Crippen LogP contribution in [0.2, 0.25) is 0 Å². The largest absolute Gasteiger partial charge is 0.349 e. The van der Waals surface area contributed by atoms with Crippen LogP contribution in [-0.4, -0.2) is 28.0 Å². The van der Waals surface area contributed by atoms with Crippen LogP contribution in [0, 0.1) is 19.8 Å². The summed E-state index contributed by atoms with van der Waals surface area (Å²) in [6.45, 7) is 4.08. The van der Waals surface area contributed by atoms with E-state index in [0.29, 0.717) is 12.0 Å². The molecule has 0 spiro atoms. The molecule has 1 aliphatic carbocycles.